The molecule has 5 heteroatoms. The average Bonchev–Trinajstić information content (AvgIpc) is 2.40. The lowest BCUT2D eigenvalue weighted by Crippen LogP contribution is -2.09. The maximum Gasteiger partial charge on any atom is 0.354 e. The Morgan fingerprint density at radius 2 is 2.29 bits per heavy atom. The quantitative estimate of drug-likeness (QED) is 0.619. The van der Waals surface area contributed by atoms with E-state index in [0.717, 1.165) is 5.46 Å². The van der Waals surface area contributed by atoms with Gasteiger partial charge in [-0.2, -0.15) is 0 Å². The van der Waals surface area contributed by atoms with Crippen LogP contribution < -0.4 is 5.46 Å². The van der Waals surface area contributed by atoms with Gasteiger partial charge in [0.15, 0.2) is 5.69 Å². The minimum atomic E-state index is -0.944. The smallest absolute Gasteiger partial charge is 0.354 e. The average molecular weight is 188 g/mol. The second kappa shape index (κ2) is 2.87. The zero-order valence-corrected chi connectivity index (χ0v) is 7.98. The molecule has 0 saturated carbocycles. The van der Waals surface area contributed by atoms with Gasteiger partial charge in [0.05, 0.1) is 5.69 Å². The fraction of sp³-hybridized carbons (Fsp3) is 0.111. The van der Waals surface area contributed by atoms with Crippen LogP contribution in [0.15, 0.2) is 18.3 Å². The lowest BCUT2D eigenvalue weighted by molar-refractivity contribution is 0.0688. The van der Waals surface area contributed by atoms with E-state index in [1.54, 1.807) is 17.5 Å². The van der Waals surface area contributed by atoms with Gasteiger partial charge in [-0.1, -0.05) is 11.5 Å². The highest BCUT2D eigenvalue weighted by atomic mass is 16.4. The molecule has 2 aromatic heterocycles. The molecular weight excluding hydrogens is 179 g/mol. The van der Waals surface area contributed by atoms with E-state index in [2.05, 4.69) is 4.98 Å². The third kappa shape index (κ3) is 1.17. The number of aryl methyl sites for hydroxylation is 1. The molecule has 1 N–H and O–H groups in total. The second-order valence-corrected chi connectivity index (χ2v) is 3.29. The zero-order chi connectivity index (χ0) is 10.3. The van der Waals surface area contributed by atoms with Crippen molar-refractivity contribution in [3.63, 3.8) is 0 Å². The number of rotatable bonds is 1. The Balaban J connectivity index is 2.86. The molecule has 2 aromatic rings. The van der Waals surface area contributed by atoms with E-state index in [9.17, 15) is 4.79 Å². The van der Waals surface area contributed by atoms with Crippen LogP contribution in [0.1, 0.15) is 16.2 Å². The third-order valence-corrected chi connectivity index (χ3v) is 2.14. The summed E-state index contributed by atoms with van der Waals surface area (Å²) in [6.45, 7) is 1.70. The van der Waals surface area contributed by atoms with Crippen molar-refractivity contribution in [3.05, 3.63) is 29.7 Å². The SMILES string of the molecule is Bc1ccc2nc(C)c(C(=O)O)n2c1. The topological polar surface area (TPSA) is 54.6 Å². The van der Waals surface area contributed by atoms with Crippen LogP contribution >= 0.6 is 0 Å². The lowest BCUT2D eigenvalue weighted by Gasteiger charge is -1.98. The molecule has 2 heterocycles. The van der Waals surface area contributed by atoms with Gasteiger partial charge in [-0.25, -0.2) is 9.78 Å². The molecule has 0 aromatic carbocycles. The Morgan fingerprint density at radius 1 is 1.57 bits per heavy atom. The fourth-order valence-corrected chi connectivity index (χ4v) is 1.53. The molecule has 0 atom stereocenters. The summed E-state index contributed by atoms with van der Waals surface area (Å²) >= 11 is 0. The Morgan fingerprint density at radius 3 is 2.93 bits per heavy atom. The van der Waals surface area contributed by atoms with Gasteiger partial charge in [0.1, 0.15) is 13.5 Å². The number of aromatic nitrogens is 2. The predicted octanol–water partition coefficient (Wildman–Crippen LogP) is -0.401. The highest BCUT2D eigenvalue weighted by Gasteiger charge is 2.14. The molecule has 2 rings (SSSR count). The molecule has 0 aliphatic heterocycles. The number of hydrogen-bond donors (Lipinski definition) is 1. The standard InChI is InChI=1S/C9H9BN2O2/c1-5-8(9(13)14)12-4-6(10)2-3-7(12)11-5/h2-4H,10H2,1H3,(H,13,14). The summed E-state index contributed by atoms with van der Waals surface area (Å²) in [7, 11) is 1.92. The Labute approximate surface area is 81.6 Å². The van der Waals surface area contributed by atoms with Gasteiger partial charge >= 0.3 is 5.97 Å². The van der Waals surface area contributed by atoms with E-state index < -0.39 is 5.97 Å². The van der Waals surface area contributed by atoms with Crippen molar-refractivity contribution in [2.24, 2.45) is 0 Å². The zero-order valence-electron chi connectivity index (χ0n) is 7.98. The van der Waals surface area contributed by atoms with Crippen molar-refractivity contribution in [3.8, 4) is 0 Å². The summed E-state index contributed by atoms with van der Waals surface area (Å²) in [4.78, 5) is 15.1. The van der Waals surface area contributed by atoms with Crippen LogP contribution in [-0.2, 0) is 0 Å². The predicted molar refractivity (Wildman–Crippen MR) is 55.1 cm³/mol. The van der Waals surface area contributed by atoms with Crippen LogP contribution in [0.4, 0.5) is 0 Å². The first kappa shape index (κ1) is 8.81. The van der Waals surface area contributed by atoms with Gasteiger partial charge < -0.3 is 5.11 Å². The van der Waals surface area contributed by atoms with Crippen molar-refractivity contribution in [2.45, 2.75) is 6.92 Å². The first-order valence-corrected chi connectivity index (χ1v) is 4.28. The molecule has 0 spiro atoms. The van der Waals surface area contributed by atoms with Gasteiger partial charge in [0, 0.05) is 6.20 Å². The van der Waals surface area contributed by atoms with E-state index in [1.165, 1.54) is 0 Å². The molecular formula is C9H9BN2O2. The minimum absolute atomic E-state index is 0.240. The van der Waals surface area contributed by atoms with Crippen LogP contribution in [0.3, 0.4) is 0 Å². The molecule has 0 amide bonds. The normalized spacial score (nSPS) is 10.6. The number of aromatic carboxylic acids is 1. The third-order valence-electron chi connectivity index (χ3n) is 2.14. The van der Waals surface area contributed by atoms with Gasteiger partial charge in [-0.15, -0.1) is 0 Å². The van der Waals surface area contributed by atoms with Crippen LogP contribution in [0.25, 0.3) is 5.65 Å². The Kier molecular flexibility index (Phi) is 1.80. The van der Waals surface area contributed by atoms with Crippen molar-refractivity contribution >= 4 is 24.9 Å². The molecule has 0 radical (unpaired) electrons. The van der Waals surface area contributed by atoms with E-state index in [0.29, 0.717) is 11.3 Å². The fourth-order valence-electron chi connectivity index (χ4n) is 1.53. The molecule has 0 unspecified atom stereocenters. The minimum Gasteiger partial charge on any atom is -0.477 e. The van der Waals surface area contributed by atoms with Crippen molar-refractivity contribution in [1.29, 1.82) is 0 Å². The Hall–Kier alpha value is -1.78. The highest BCUT2D eigenvalue weighted by molar-refractivity contribution is 6.32. The Bertz CT molecular complexity index is 519. The van der Waals surface area contributed by atoms with Crippen molar-refractivity contribution in [1.82, 2.24) is 9.38 Å². The number of fused-ring (bicyclic) bond motifs is 1. The molecule has 0 bridgehead atoms. The van der Waals surface area contributed by atoms with E-state index in [4.69, 9.17) is 5.11 Å². The number of carboxylic acids is 1. The maximum absolute atomic E-state index is 10.9. The summed E-state index contributed by atoms with van der Waals surface area (Å²) in [5, 5.41) is 8.98. The van der Waals surface area contributed by atoms with Gasteiger partial charge in [-0.05, 0) is 13.0 Å². The number of carboxylic acid groups (broad SMARTS) is 1. The highest BCUT2D eigenvalue weighted by Crippen LogP contribution is 2.10. The van der Waals surface area contributed by atoms with E-state index >= 15 is 0 Å². The molecule has 0 fully saturated rings. The molecule has 0 aliphatic carbocycles. The number of imidazole rings is 1. The van der Waals surface area contributed by atoms with Crippen molar-refractivity contribution in [2.75, 3.05) is 0 Å². The monoisotopic (exact) mass is 188 g/mol. The summed E-state index contributed by atoms with van der Waals surface area (Å²) in [5.74, 6) is -0.944. The van der Waals surface area contributed by atoms with Gasteiger partial charge in [0.2, 0.25) is 0 Å². The number of nitrogens with zero attached hydrogens (tertiary/aromatic N) is 2. The molecule has 4 nitrogen and oxygen atoms in total. The number of pyridine rings is 1. The first-order chi connectivity index (χ1) is 6.59. The van der Waals surface area contributed by atoms with Crippen LogP contribution in [0.5, 0.6) is 0 Å². The van der Waals surface area contributed by atoms with Gasteiger partial charge in [0.25, 0.3) is 0 Å². The maximum atomic E-state index is 10.9. The summed E-state index contributed by atoms with van der Waals surface area (Å²) in [5.41, 5.74) is 2.47. The van der Waals surface area contributed by atoms with Crippen LogP contribution in [0, 0.1) is 6.92 Å². The molecule has 70 valence electrons. The largest absolute Gasteiger partial charge is 0.477 e. The first-order valence-electron chi connectivity index (χ1n) is 4.28. The molecule has 0 saturated heterocycles. The number of carbonyl (C=O) groups is 1. The van der Waals surface area contributed by atoms with Crippen molar-refractivity contribution < 1.29 is 9.90 Å². The summed E-state index contributed by atoms with van der Waals surface area (Å²) < 4.78 is 1.60. The summed E-state index contributed by atoms with van der Waals surface area (Å²) in [6, 6.07) is 3.72. The summed E-state index contributed by atoms with van der Waals surface area (Å²) in [6.07, 6.45) is 1.78. The van der Waals surface area contributed by atoms with Crippen LogP contribution in [0.2, 0.25) is 0 Å². The van der Waals surface area contributed by atoms with E-state index in [1.807, 2.05) is 20.0 Å². The van der Waals surface area contributed by atoms with Gasteiger partial charge in [-0.3, -0.25) is 4.40 Å². The molecule has 14 heavy (non-hydrogen) atoms. The van der Waals surface area contributed by atoms with Crippen LogP contribution in [-0.4, -0.2) is 28.3 Å². The molecule has 0 aliphatic rings. The number of hydrogen-bond acceptors (Lipinski definition) is 2. The lowest BCUT2D eigenvalue weighted by atomic mass is 9.99. The second-order valence-electron chi connectivity index (χ2n) is 3.29. The van der Waals surface area contributed by atoms with E-state index in [-0.39, 0.29) is 5.69 Å².